The first-order valence-corrected chi connectivity index (χ1v) is 6.03. The zero-order chi connectivity index (χ0) is 14.7. The third-order valence-corrected chi connectivity index (χ3v) is 2.94. The average molecular weight is 274 g/mol. The van der Waals surface area contributed by atoms with Crippen LogP contribution in [0.25, 0.3) is 0 Å². The van der Waals surface area contributed by atoms with Crippen molar-refractivity contribution in [2.45, 2.75) is 6.92 Å². The molecular weight excluding hydrogens is 259 g/mol. The Balaban J connectivity index is 2.33. The fraction of sp³-hybridized carbons (Fsp3) is 0.133. The van der Waals surface area contributed by atoms with Crippen LogP contribution < -0.4 is 15.8 Å². The first-order valence-electron chi connectivity index (χ1n) is 6.03. The fourth-order valence-electron chi connectivity index (χ4n) is 1.88. The highest BCUT2D eigenvalue weighted by Crippen LogP contribution is 2.27. The molecule has 0 radical (unpaired) electrons. The zero-order valence-corrected chi connectivity index (χ0v) is 11.2. The maximum absolute atomic E-state index is 13.2. The molecule has 0 unspecified atom stereocenters. The molecule has 104 valence electrons. The van der Waals surface area contributed by atoms with Crippen molar-refractivity contribution >= 4 is 17.3 Å². The summed E-state index contributed by atoms with van der Waals surface area (Å²) < 4.78 is 18.3. The molecule has 0 heterocycles. The summed E-state index contributed by atoms with van der Waals surface area (Å²) in [6.07, 6.45) is 0. The van der Waals surface area contributed by atoms with Crippen LogP contribution in [0, 0.1) is 12.7 Å². The van der Waals surface area contributed by atoms with Crippen molar-refractivity contribution in [3.63, 3.8) is 0 Å². The highest BCUT2D eigenvalue weighted by atomic mass is 19.1. The van der Waals surface area contributed by atoms with Gasteiger partial charge in [0.15, 0.2) is 5.75 Å². The lowest BCUT2D eigenvalue weighted by atomic mass is 10.1. The van der Waals surface area contributed by atoms with Gasteiger partial charge in [-0.25, -0.2) is 4.39 Å². The van der Waals surface area contributed by atoms with E-state index in [-0.39, 0.29) is 0 Å². The summed E-state index contributed by atoms with van der Waals surface area (Å²) in [4.78, 5) is 12.2. The Morgan fingerprint density at radius 1 is 1.30 bits per heavy atom. The smallest absolute Gasteiger partial charge is 0.259 e. The van der Waals surface area contributed by atoms with Crippen LogP contribution in [0.2, 0.25) is 0 Å². The van der Waals surface area contributed by atoms with Crippen molar-refractivity contribution in [1.29, 1.82) is 0 Å². The van der Waals surface area contributed by atoms with E-state index in [2.05, 4.69) is 5.32 Å². The van der Waals surface area contributed by atoms with E-state index >= 15 is 0 Å². The minimum absolute atomic E-state index is 0.302. The minimum atomic E-state index is -0.412. The largest absolute Gasteiger partial charge is 0.494 e. The molecule has 0 spiro atoms. The Labute approximate surface area is 116 Å². The minimum Gasteiger partial charge on any atom is -0.494 e. The number of halogens is 1. The van der Waals surface area contributed by atoms with Crippen LogP contribution in [0.1, 0.15) is 15.9 Å². The highest BCUT2D eigenvalue weighted by Gasteiger charge is 2.15. The first kappa shape index (κ1) is 13.9. The van der Waals surface area contributed by atoms with Gasteiger partial charge in [-0.3, -0.25) is 4.79 Å². The number of nitrogens with one attached hydrogen (secondary N) is 1. The van der Waals surface area contributed by atoms with Crippen molar-refractivity contribution in [3.05, 3.63) is 53.3 Å². The number of para-hydroxylation sites is 1. The van der Waals surface area contributed by atoms with E-state index in [1.54, 1.807) is 31.2 Å². The number of carbonyl (C=O) groups excluding carboxylic acids is 1. The standard InChI is InChI=1S/C15H15FN2O2/c1-9-6-7-10(16)8-13(9)18-15(19)11-4-3-5-12(17)14(11)20-2/h3-8H,17H2,1-2H3,(H,18,19). The van der Waals surface area contributed by atoms with Gasteiger partial charge in [-0.2, -0.15) is 0 Å². The topological polar surface area (TPSA) is 64.3 Å². The number of benzene rings is 2. The molecule has 0 aliphatic carbocycles. The van der Waals surface area contributed by atoms with E-state index in [1.165, 1.54) is 19.2 Å². The SMILES string of the molecule is COc1c(N)cccc1C(=O)Nc1cc(F)ccc1C. The number of ether oxygens (including phenoxy) is 1. The molecule has 2 aromatic carbocycles. The second-order valence-corrected chi connectivity index (χ2v) is 4.34. The van der Waals surface area contributed by atoms with Gasteiger partial charge in [0.25, 0.3) is 5.91 Å². The third-order valence-electron chi connectivity index (χ3n) is 2.94. The van der Waals surface area contributed by atoms with Crippen LogP contribution in [0.3, 0.4) is 0 Å². The second kappa shape index (κ2) is 5.61. The van der Waals surface area contributed by atoms with Gasteiger partial charge in [-0.15, -0.1) is 0 Å². The van der Waals surface area contributed by atoms with E-state index in [1.807, 2.05) is 0 Å². The molecular formula is C15H15FN2O2. The number of hydrogen-bond acceptors (Lipinski definition) is 3. The molecule has 2 aromatic rings. The molecule has 0 aliphatic rings. The zero-order valence-electron chi connectivity index (χ0n) is 11.2. The van der Waals surface area contributed by atoms with Crippen LogP contribution in [0.5, 0.6) is 5.75 Å². The van der Waals surface area contributed by atoms with Crippen LogP contribution in [-0.4, -0.2) is 13.0 Å². The van der Waals surface area contributed by atoms with Crippen LogP contribution >= 0.6 is 0 Å². The van der Waals surface area contributed by atoms with Gasteiger partial charge >= 0.3 is 0 Å². The number of nitrogens with two attached hydrogens (primary N) is 1. The van der Waals surface area contributed by atoms with Gasteiger partial charge in [-0.05, 0) is 36.8 Å². The van der Waals surface area contributed by atoms with Crippen molar-refractivity contribution in [1.82, 2.24) is 0 Å². The van der Waals surface area contributed by atoms with E-state index in [0.717, 1.165) is 5.56 Å². The Morgan fingerprint density at radius 2 is 2.05 bits per heavy atom. The number of anilines is 2. The summed E-state index contributed by atoms with van der Waals surface area (Å²) in [6.45, 7) is 1.78. The van der Waals surface area contributed by atoms with Gasteiger partial charge in [-0.1, -0.05) is 12.1 Å². The van der Waals surface area contributed by atoms with E-state index in [0.29, 0.717) is 22.7 Å². The first-order chi connectivity index (χ1) is 9.52. The molecule has 0 fully saturated rings. The van der Waals surface area contributed by atoms with Crippen molar-refractivity contribution in [2.24, 2.45) is 0 Å². The lowest BCUT2D eigenvalue weighted by Gasteiger charge is -2.12. The molecule has 0 saturated carbocycles. The third kappa shape index (κ3) is 2.71. The Morgan fingerprint density at radius 3 is 2.75 bits per heavy atom. The van der Waals surface area contributed by atoms with Gasteiger partial charge in [0.05, 0.1) is 18.4 Å². The summed E-state index contributed by atoms with van der Waals surface area (Å²) in [6, 6.07) is 9.10. The Kier molecular flexibility index (Phi) is 3.89. The molecule has 2 rings (SSSR count). The van der Waals surface area contributed by atoms with E-state index in [4.69, 9.17) is 10.5 Å². The van der Waals surface area contributed by atoms with E-state index in [9.17, 15) is 9.18 Å². The number of rotatable bonds is 3. The maximum Gasteiger partial charge on any atom is 0.259 e. The average Bonchev–Trinajstić information content (AvgIpc) is 2.42. The fourth-order valence-corrected chi connectivity index (χ4v) is 1.88. The molecule has 5 heteroatoms. The molecule has 0 aliphatic heterocycles. The van der Waals surface area contributed by atoms with Crippen LogP contribution in [0.15, 0.2) is 36.4 Å². The second-order valence-electron chi connectivity index (χ2n) is 4.34. The molecule has 4 nitrogen and oxygen atoms in total. The van der Waals surface area contributed by atoms with Gasteiger partial charge in [0.2, 0.25) is 0 Å². The molecule has 20 heavy (non-hydrogen) atoms. The predicted octanol–water partition coefficient (Wildman–Crippen LogP) is 2.98. The molecule has 0 atom stereocenters. The molecule has 3 N–H and O–H groups in total. The highest BCUT2D eigenvalue weighted by molar-refractivity contribution is 6.07. The lowest BCUT2D eigenvalue weighted by Crippen LogP contribution is -2.14. The number of aryl methyl sites for hydroxylation is 1. The van der Waals surface area contributed by atoms with Crippen LogP contribution in [-0.2, 0) is 0 Å². The summed E-state index contributed by atoms with van der Waals surface area (Å²) in [7, 11) is 1.44. The summed E-state index contributed by atoms with van der Waals surface area (Å²) in [5.74, 6) is -0.507. The van der Waals surface area contributed by atoms with Gasteiger partial charge < -0.3 is 15.8 Å². The van der Waals surface area contributed by atoms with Crippen molar-refractivity contribution < 1.29 is 13.9 Å². The number of carbonyl (C=O) groups is 1. The molecule has 0 aromatic heterocycles. The predicted molar refractivity (Wildman–Crippen MR) is 76.5 cm³/mol. The summed E-state index contributed by atoms with van der Waals surface area (Å²) in [5.41, 5.74) is 7.61. The number of hydrogen-bond donors (Lipinski definition) is 2. The monoisotopic (exact) mass is 274 g/mol. The molecule has 0 bridgehead atoms. The summed E-state index contributed by atoms with van der Waals surface area (Å²) >= 11 is 0. The molecule has 1 amide bonds. The quantitative estimate of drug-likeness (QED) is 0.846. The van der Waals surface area contributed by atoms with Gasteiger partial charge in [0, 0.05) is 5.69 Å². The summed E-state index contributed by atoms with van der Waals surface area (Å²) in [5, 5.41) is 2.65. The van der Waals surface area contributed by atoms with Gasteiger partial charge in [0.1, 0.15) is 5.82 Å². The molecule has 0 saturated heterocycles. The van der Waals surface area contributed by atoms with Crippen molar-refractivity contribution in [2.75, 3.05) is 18.2 Å². The number of amides is 1. The Bertz CT molecular complexity index is 656. The Hall–Kier alpha value is -2.56. The maximum atomic E-state index is 13.2. The normalized spacial score (nSPS) is 10.2. The number of nitrogen functional groups attached to an aromatic ring is 1. The number of methoxy groups -OCH3 is 1. The van der Waals surface area contributed by atoms with Crippen LogP contribution in [0.4, 0.5) is 15.8 Å². The van der Waals surface area contributed by atoms with Crippen molar-refractivity contribution in [3.8, 4) is 5.75 Å². The van der Waals surface area contributed by atoms with E-state index < -0.39 is 11.7 Å². The lowest BCUT2D eigenvalue weighted by molar-refractivity contribution is 0.102.